The minimum atomic E-state index is -3.84. The fourth-order valence-electron chi connectivity index (χ4n) is 3.59. The fraction of sp³-hybridized carbons (Fsp3) is 0. The van der Waals surface area contributed by atoms with E-state index in [-0.39, 0.29) is 16.5 Å². The van der Waals surface area contributed by atoms with Crippen molar-refractivity contribution in [3.63, 3.8) is 0 Å². The van der Waals surface area contributed by atoms with Gasteiger partial charge in [0.2, 0.25) is 0 Å². The Hall–Kier alpha value is -4.56. The summed E-state index contributed by atoms with van der Waals surface area (Å²) >= 11 is 0. The van der Waals surface area contributed by atoms with Crippen LogP contribution in [0, 0.1) is 0 Å². The van der Waals surface area contributed by atoms with Crippen molar-refractivity contribution in [2.45, 2.75) is 4.90 Å². The monoisotopic (exact) mass is 480 g/mol. The molecule has 0 fully saturated rings. The van der Waals surface area contributed by atoms with Crippen LogP contribution in [0.5, 0.6) is 0 Å². The maximum atomic E-state index is 12.7. The van der Waals surface area contributed by atoms with Crippen LogP contribution in [0.15, 0.2) is 114 Å². The van der Waals surface area contributed by atoms with E-state index in [0.717, 1.165) is 10.8 Å². The first-order valence-electron chi connectivity index (χ1n) is 10.8. The van der Waals surface area contributed by atoms with E-state index in [0.29, 0.717) is 22.3 Å². The summed E-state index contributed by atoms with van der Waals surface area (Å²) in [7, 11) is -3.84. The molecule has 1 heterocycles. The Balaban J connectivity index is 1.24. The highest BCUT2D eigenvalue weighted by Crippen LogP contribution is 2.19. The lowest BCUT2D eigenvalue weighted by molar-refractivity contribution is 0.104. The number of rotatable bonds is 7. The van der Waals surface area contributed by atoms with Crippen molar-refractivity contribution in [2.24, 2.45) is 0 Å². The summed E-state index contributed by atoms with van der Waals surface area (Å²) < 4.78 is 27.9. The van der Waals surface area contributed by atoms with Crippen LogP contribution < -0.4 is 10.0 Å². The molecule has 0 spiro atoms. The van der Waals surface area contributed by atoms with Crippen LogP contribution in [0.3, 0.4) is 0 Å². The standard InChI is InChI=1S/C27H20N4O3S/c32-26(21-10-9-19-5-1-2-6-20(19)17-21)15-16-28-22-11-13-23(14-12-22)35(33,34)31-27-18-29-24-7-3-4-8-25(24)30-27/h1-18,28H,(H,30,31)/b16-15+. The molecule has 35 heavy (non-hydrogen) atoms. The largest absolute Gasteiger partial charge is 0.362 e. The summed E-state index contributed by atoms with van der Waals surface area (Å²) in [5, 5.41) is 5.06. The molecule has 0 amide bonds. The van der Waals surface area contributed by atoms with E-state index < -0.39 is 10.0 Å². The fourth-order valence-corrected chi connectivity index (χ4v) is 4.57. The Morgan fingerprint density at radius 1 is 0.800 bits per heavy atom. The number of hydrogen-bond donors (Lipinski definition) is 2. The number of ketones is 1. The summed E-state index contributed by atoms with van der Waals surface area (Å²) in [6.07, 6.45) is 4.35. The van der Waals surface area contributed by atoms with Gasteiger partial charge in [0.15, 0.2) is 11.6 Å². The van der Waals surface area contributed by atoms with Crippen molar-refractivity contribution in [1.29, 1.82) is 0 Å². The second-order valence-corrected chi connectivity index (χ2v) is 9.46. The van der Waals surface area contributed by atoms with Crippen LogP contribution in [0.2, 0.25) is 0 Å². The summed E-state index contributed by atoms with van der Waals surface area (Å²) in [6, 6.07) is 26.8. The number of nitrogens with one attached hydrogen (secondary N) is 2. The number of aromatic nitrogens is 2. The molecular weight excluding hydrogens is 460 g/mol. The molecule has 172 valence electrons. The van der Waals surface area contributed by atoms with Gasteiger partial charge in [0.05, 0.1) is 22.1 Å². The van der Waals surface area contributed by atoms with Crippen LogP contribution in [0.1, 0.15) is 10.4 Å². The van der Waals surface area contributed by atoms with Gasteiger partial charge >= 0.3 is 0 Å². The van der Waals surface area contributed by atoms with Crippen molar-refractivity contribution >= 4 is 49.1 Å². The Bertz CT molecular complexity index is 1680. The van der Waals surface area contributed by atoms with Gasteiger partial charge in [0.25, 0.3) is 10.0 Å². The third-order valence-electron chi connectivity index (χ3n) is 5.37. The highest BCUT2D eigenvalue weighted by molar-refractivity contribution is 7.92. The minimum absolute atomic E-state index is 0.0780. The topological polar surface area (TPSA) is 101 Å². The Labute approximate surface area is 202 Å². The molecule has 5 rings (SSSR count). The highest BCUT2D eigenvalue weighted by Gasteiger charge is 2.15. The molecule has 8 heteroatoms. The molecule has 2 N–H and O–H groups in total. The van der Waals surface area contributed by atoms with Crippen molar-refractivity contribution in [3.8, 4) is 0 Å². The molecule has 5 aromatic rings. The second kappa shape index (κ2) is 9.36. The van der Waals surface area contributed by atoms with Crippen molar-refractivity contribution in [3.05, 3.63) is 115 Å². The Morgan fingerprint density at radius 2 is 1.51 bits per heavy atom. The molecule has 0 saturated carbocycles. The number of benzene rings is 4. The number of anilines is 2. The molecule has 0 saturated heterocycles. The van der Waals surface area contributed by atoms with Crippen LogP contribution in [0.25, 0.3) is 21.8 Å². The average molecular weight is 481 g/mol. The van der Waals surface area contributed by atoms with Gasteiger partial charge in [-0.05, 0) is 53.2 Å². The quantitative estimate of drug-likeness (QED) is 0.239. The van der Waals surface area contributed by atoms with E-state index in [9.17, 15) is 13.2 Å². The van der Waals surface area contributed by atoms with E-state index in [1.807, 2.05) is 48.5 Å². The van der Waals surface area contributed by atoms with Crippen LogP contribution in [0.4, 0.5) is 11.5 Å². The molecule has 0 radical (unpaired) electrons. The number of para-hydroxylation sites is 2. The molecule has 0 aliphatic carbocycles. The van der Waals surface area contributed by atoms with Gasteiger partial charge in [-0.1, -0.05) is 48.5 Å². The summed E-state index contributed by atoms with van der Waals surface area (Å²) in [5.74, 6) is 0.00387. The second-order valence-electron chi connectivity index (χ2n) is 7.78. The van der Waals surface area contributed by atoms with Gasteiger partial charge in [-0.25, -0.2) is 13.4 Å². The predicted octanol–water partition coefficient (Wildman–Crippen LogP) is 5.39. The molecular formula is C27H20N4O3S. The first-order valence-corrected chi connectivity index (χ1v) is 12.3. The SMILES string of the molecule is O=C(/C=C/Nc1ccc(S(=O)(=O)Nc2cnc3ccccc3n2)cc1)c1ccc2ccccc2c1. The van der Waals surface area contributed by atoms with Crippen LogP contribution >= 0.6 is 0 Å². The molecule has 0 bridgehead atoms. The van der Waals surface area contributed by atoms with Gasteiger partial charge < -0.3 is 5.32 Å². The number of nitrogens with zero attached hydrogens (tertiary/aromatic N) is 2. The van der Waals surface area contributed by atoms with Gasteiger partial charge in [-0.3, -0.25) is 14.5 Å². The summed E-state index contributed by atoms with van der Waals surface area (Å²) in [4.78, 5) is 21.1. The molecule has 0 unspecified atom stereocenters. The van der Waals surface area contributed by atoms with E-state index in [1.165, 1.54) is 30.6 Å². The average Bonchev–Trinajstić information content (AvgIpc) is 2.88. The predicted molar refractivity (Wildman–Crippen MR) is 138 cm³/mol. The lowest BCUT2D eigenvalue weighted by Crippen LogP contribution is -2.14. The van der Waals surface area contributed by atoms with E-state index in [2.05, 4.69) is 20.0 Å². The molecule has 0 atom stereocenters. The molecule has 1 aromatic heterocycles. The van der Waals surface area contributed by atoms with Crippen LogP contribution in [-0.4, -0.2) is 24.2 Å². The van der Waals surface area contributed by atoms with Crippen molar-refractivity contribution in [2.75, 3.05) is 10.0 Å². The van der Waals surface area contributed by atoms with Gasteiger partial charge in [-0.2, -0.15) is 0 Å². The van der Waals surface area contributed by atoms with Crippen molar-refractivity contribution in [1.82, 2.24) is 9.97 Å². The number of sulfonamides is 1. The summed E-state index contributed by atoms with van der Waals surface area (Å²) in [6.45, 7) is 0. The molecule has 0 aliphatic rings. The highest BCUT2D eigenvalue weighted by atomic mass is 32.2. The zero-order valence-corrected chi connectivity index (χ0v) is 19.2. The third kappa shape index (κ3) is 5.02. The van der Waals surface area contributed by atoms with E-state index >= 15 is 0 Å². The van der Waals surface area contributed by atoms with Crippen molar-refractivity contribution < 1.29 is 13.2 Å². The zero-order chi connectivity index (χ0) is 24.3. The number of fused-ring (bicyclic) bond motifs is 2. The molecule has 0 aliphatic heterocycles. The summed E-state index contributed by atoms with van der Waals surface area (Å²) in [5.41, 5.74) is 2.50. The zero-order valence-electron chi connectivity index (χ0n) is 18.4. The Kier molecular flexibility index (Phi) is 5.95. The minimum Gasteiger partial charge on any atom is -0.362 e. The smallest absolute Gasteiger partial charge is 0.263 e. The maximum Gasteiger partial charge on any atom is 0.263 e. The third-order valence-corrected chi connectivity index (χ3v) is 6.74. The van der Waals surface area contributed by atoms with Gasteiger partial charge in [-0.15, -0.1) is 0 Å². The lowest BCUT2D eigenvalue weighted by atomic mass is 10.0. The number of hydrogen-bond acceptors (Lipinski definition) is 6. The lowest BCUT2D eigenvalue weighted by Gasteiger charge is -2.08. The number of allylic oxidation sites excluding steroid dienone is 1. The van der Waals surface area contributed by atoms with E-state index in [1.54, 1.807) is 30.3 Å². The Morgan fingerprint density at radius 3 is 2.31 bits per heavy atom. The number of carbonyl (C=O) groups excluding carboxylic acids is 1. The molecule has 4 aromatic carbocycles. The molecule has 7 nitrogen and oxygen atoms in total. The van der Waals surface area contributed by atoms with Crippen LogP contribution in [-0.2, 0) is 10.0 Å². The maximum absolute atomic E-state index is 12.7. The van der Waals surface area contributed by atoms with Gasteiger partial charge in [0.1, 0.15) is 0 Å². The first-order chi connectivity index (χ1) is 17.0. The van der Waals surface area contributed by atoms with E-state index in [4.69, 9.17) is 0 Å². The normalized spacial score (nSPS) is 11.7. The number of carbonyl (C=O) groups is 1. The van der Waals surface area contributed by atoms with Gasteiger partial charge in [0, 0.05) is 23.5 Å². The first kappa shape index (κ1) is 22.2.